The standard InChI is InChI=1S/C19H27N3O4S/c1-13-11-22(7-9-25-13)18(24)15-10-14-2-8-26-19(17(14)27-15)3-5-21(6-4-19)12-16(20)23/h10,13H,2-9,11-12H2,1H3,(H2,20,23)/t13-/m0/s1. The summed E-state index contributed by atoms with van der Waals surface area (Å²) in [5, 5.41) is 0. The third kappa shape index (κ3) is 3.76. The van der Waals surface area contributed by atoms with Gasteiger partial charge in [0.05, 0.1) is 30.7 Å². The van der Waals surface area contributed by atoms with Crippen LogP contribution in [0.5, 0.6) is 0 Å². The number of ether oxygens (including phenoxy) is 2. The fourth-order valence-corrected chi connectivity index (χ4v) is 5.73. The van der Waals surface area contributed by atoms with Crippen LogP contribution in [0.25, 0.3) is 0 Å². The molecule has 3 aliphatic rings. The zero-order chi connectivity index (χ0) is 19.0. The number of rotatable bonds is 3. The maximum Gasteiger partial charge on any atom is 0.264 e. The summed E-state index contributed by atoms with van der Waals surface area (Å²) in [5.41, 5.74) is 6.26. The van der Waals surface area contributed by atoms with Gasteiger partial charge >= 0.3 is 0 Å². The molecular weight excluding hydrogens is 366 g/mol. The number of likely N-dealkylation sites (tertiary alicyclic amines) is 1. The Hall–Kier alpha value is -1.48. The molecule has 1 aromatic heterocycles. The first kappa shape index (κ1) is 18.9. The van der Waals surface area contributed by atoms with E-state index in [0.717, 1.165) is 37.2 Å². The minimum Gasteiger partial charge on any atom is -0.375 e. The van der Waals surface area contributed by atoms with Crippen LogP contribution in [-0.2, 0) is 26.3 Å². The van der Waals surface area contributed by atoms with Crippen molar-refractivity contribution in [2.75, 3.05) is 45.9 Å². The topological polar surface area (TPSA) is 85.1 Å². The molecule has 0 aromatic carbocycles. The van der Waals surface area contributed by atoms with Crippen molar-refractivity contribution in [2.45, 2.75) is 37.9 Å². The Kier molecular flexibility index (Phi) is 5.24. The van der Waals surface area contributed by atoms with E-state index < -0.39 is 0 Å². The summed E-state index contributed by atoms with van der Waals surface area (Å²) in [5.74, 6) is -0.189. The lowest BCUT2D eigenvalue weighted by Crippen LogP contribution is -2.48. The lowest BCUT2D eigenvalue weighted by Gasteiger charge is -2.43. The van der Waals surface area contributed by atoms with Crippen LogP contribution in [-0.4, -0.2) is 73.7 Å². The van der Waals surface area contributed by atoms with Gasteiger partial charge in [-0.2, -0.15) is 0 Å². The molecule has 2 fully saturated rings. The number of thiophene rings is 1. The quantitative estimate of drug-likeness (QED) is 0.827. The highest BCUT2D eigenvalue weighted by Crippen LogP contribution is 2.45. The molecule has 2 saturated heterocycles. The van der Waals surface area contributed by atoms with E-state index in [1.54, 1.807) is 11.3 Å². The van der Waals surface area contributed by atoms with Gasteiger partial charge in [-0.25, -0.2) is 0 Å². The van der Waals surface area contributed by atoms with E-state index in [1.807, 2.05) is 11.8 Å². The average molecular weight is 394 g/mol. The molecule has 1 atom stereocenters. The van der Waals surface area contributed by atoms with Crippen LogP contribution in [0.4, 0.5) is 0 Å². The van der Waals surface area contributed by atoms with Crippen LogP contribution in [0.3, 0.4) is 0 Å². The highest BCUT2D eigenvalue weighted by molar-refractivity contribution is 7.14. The molecule has 0 radical (unpaired) electrons. The van der Waals surface area contributed by atoms with E-state index in [2.05, 4.69) is 11.0 Å². The van der Waals surface area contributed by atoms with Crippen molar-refractivity contribution in [1.82, 2.24) is 9.80 Å². The summed E-state index contributed by atoms with van der Waals surface area (Å²) in [6, 6.07) is 2.07. The van der Waals surface area contributed by atoms with Gasteiger partial charge in [0.15, 0.2) is 0 Å². The number of amides is 2. The Morgan fingerprint density at radius 3 is 2.78 bits per heavy atom. The van der Waals surface area contributed by atoms with Crippen LogP contribution in [0, 0.1) is 0 Å². The fraction of sp³-hybridized carbons (Fsp3) is 0.684. The molecule has 2 amide bonds. The van der Waals surface area contributed by atoms with Gasteiger partial charge < -0.3 is 20.1 Å². The minimum absolute atomic E-state index is 0.0848. The van der Waals surface area contributed by atoms with Gasteiger partial charge in [0.2, 0.25) is 5.91 Å². The van der Waals surface area contributed by atoms with Crippen LogP contribution < -0.4 is 5.73 Å². The number of piperidine rings is 1. The Bertz CT molecular complexity index is 727. The first-order valence-corrected chi connectivity index (χ1v) is 10.5. The Morgan fingerprint density at radius 2 is 2.07 bits per heavy atom. The van der Waals surface area contributed by atoms with Gasteiger partial charge in [0.1, 0.15) is 5.60 Å². The van der Waals surface area contributed by atoms with Crippen LogP contribution in [0.15, 0.2) is 6.07 Å². The number of hydrogen-bond donors (Lipinski definition) is 1. The zero-order valence-electron chi connectivity index (χ0n) is 15.7. The Morgan fingerprint density at radius 1 is 1.30 bits per heavy atom. The Balaban J connectivity index is 1.52. The molecule has 148 valence electrons. The molecule has 0 unspecified atom stereocenters. The maximum absolute atomic E-state index is 13.0. The number of hydrogen-bond acceptors (Lipinski definition) is 6. The molecule has 27 heavy (non-hydrogen) atoms. The minimum atomic E-state index is -0.316. The molecule has 0 aliphatic carbocycles. The molecule has 3 aliphatic heterocycles. The molecule has 2 N–H and O–H groups in total. The second kappa shape index (κ2) is 7.50. The lowest BCUT2D eigenvalue weighted by atomic mass is 9.85. The summed E-state index contributed by atoms with van der Waals surface area (Å²) in [6.45, 7) is 6.44. The number of primary amides is 1. The summed E-state index contributed by atoms with van der Waals surface area (Å²) in [7, 11) is 0. The number of carbonyl (C=O) groups excluding carboxylic acids is 2. The number of morpholine rings is 1. The molecule has 1 spiro atoms. The lowest BCUT2D eigenvalue weighted by molar-refractivity contribution is -0.123. The first-order chi connectivity index (χ1) is 13.0. The highest BCUT2D eigenvalue weighted by atomic mass is 32.1. The molecule has 4 rings (SSSR count). The molecule has 0 saturated carbocycles. The molecular formula is C19H27N3O4S. The predicted molar refractivity (Wildman–Crippen MR) is 102 cm³/mol. The van der Waals surface area contributed by atoms with Crippen LogP contribution in [0.1, 0.15) is 39.9 Å². The first-order valence-electron chi connectivity index (χ1n) is 9.65. The number of carbonyl (C=O) groups is 2. The summed E-state index contributed by atoms with van der Waals surface area (Å²) < 4.78 is 11.8. The largest absolute Gasteiger partial charge is 0.375 e. The number of nitrogens with two attached hydrogens (primary N) is 1. The molecule has 4 heterocycles. The summed E-state index contributed by atoms with van der Waals surface area (Å²) in [4.78, 5) is 30.2. The van der Waals surface area contributed by atoms with E-state index in [-0.39, 0.29) is 23.5 Å². The number of nitrogens with zero attached hydrogens (tertiary/aromatic N) is 2. The van der Waals surface area contributed by atoms with Crippen molar-refractivity contribution >= 4 is 23.2 Å². The summed E-state index contributed by atoms with van der Waals surface area (Å²) >= 11 is 1.59. The average Bonchev–Trinajstić information content (AvgIpc) is 3.09. The van der Waals surface area contributed by atoms with E-state index in [0.29, 0.717) is 32.8 Å². The van der Waals surface area contributed by atoms with Gasteiger partial charge in [0.25, 0.3) is 5.91 Å². The smallest absolute Gasteiger partial charge is 0.264 e. The summed E-state index contributed by atoms with van der Waals surface area (Å²) in [6.07, 6.45) is 2.60. The van der Waals surface area contributed by atoms with Crippen molar-refractivity contribution in [2.24, 2.45) is 5.73 Å². The predicted octanol–water partition coefficient (Wildman–Crippen LogP) is 0.958. The molecule has 0 bridgehead atoms. The fourth-order valence-electron chi connectivity index (χ4n) is 4.35. The van der Waals surface area contributed by atoms with Crippen molar-refractivity contribution < 1.29 is 19.1 Å². The van der Waals surface area contributed by atoms with E-state index in [4.69, 9.17) is 15.2 Å². The SMILES string of the molecule is C[C@H]1CN(C(=O)c2cc3c(s2)C2(CCN(CC(N)=O)CC2)OCC3)CCO1. The second-order valence-electron chi connectivity index (χ2n) is 7.73. The van der Waals surface area contributed by atoms with E-state index >= 15 is 0 Å². The van der Waals surface area contributed by atoms with E-state index in [9.17, 15) is 9.59 Å². The normalized spacial score (nSPS) is 25.4. The third-order valence-corrected chi connectivity index (χ3v) is 7.11. The van der Waals surface area contributed by atoms with E-state index in [1.165, 1.54) is 10.4 Å². The third-order valence-electron chi connectivity index (χ3n) is 5.75. The molecule has 7 nitrogen and oxygen atoms in total. The number of fused-ring (bicyclic) bond motifs is 2. The van der Waals surface area contributed by atoms with Crippen molar-refractivity contribution in [3.05, 3.63) is 21.4 Å². The van der Waals surface area contributed by atoms with Gasteiger partial charge in [0, 0.05) is 31.1 Å². The molecule has 8 heteroatoms. The van der Waals surface area contributed by atoms with Crippen molar-refractivity contribution in [3.63, 3.8) is 0 Å². The van der Waals surface area contributed by atoms with Gasteiger partial charge in [-0.3, -0.25) is 14.5 Å². The highest BCUT2D eigenvalue weighted by Gasteiger charge is 2.43. The van der Waals surface area contributed by atoms with Crippen molar-refractivity contribution in [1.29, 1.82) is 0 Å². The van der Waals surface area contributed by atoms with Crippen molar-refractivity contribution in [3.8, 4) is 0 Å². The van der Waals surface area contributed by atoms with Crippen LogP contribution in [0.2, 0.25) is 0 Å². The van der Waals surface area contributed by atoms with Gasteiger partial charge in [-0.1, -0.05) is 0 Å². The zero-order valence-corrected chi connectivity index (χ0v) is 16.6. The van der Waals surface area contributed by atoms with Gasteiger partial charge in [-0.05, 0) is 37.8 Å². The Labute approximate surface area is 163 Å². The molecule has 1 aromatic rings. The monoisotopic (exact) mass is 393 g/mol. The second-order valence-corrected chi connectivity index (χ2v) is 8.79. The maximum atomic E-state index is 13.0. The van der Waals surface area contributed by atoms with Gasteiger partial charge in [-0.15, -0.1) is 11.3 Å². The van der Waals surface area contributed by atoms with Crippen LogP contribution >= 0.6 is 11.3 Å².